The van der Waals surface area contributed by atoms with E-state index in [9.17, 15) is 4.79 Å². The van der Waals surface area contributed by atoms with Crippen molar-refractivity contribution < 1.29 is 9.53 Å². The SMILES string of the molecule is CCOC(=O)c1ccc(NCc2ccc3c(c2)c2ccccc2n3CC)cc1. The quantitative estimate of drug-likeness (QED) is 0.448. The van der Waals surface area contributed by atoms with Crippen LogP contribution in [0.5, 0.6) is 0 Å². The lowest BCUT2D eigenvalue weighted by Crippen LogP contribution is -2.05. The number of para-hydroxylation sites is 1. The summed E-state index contributed by atoms with van der Waals surface area (Å²) in [7, 11) is 0. The van der Waals surface area contributed by atoms with Crippen molar-refractivity contribution in [2.45, 2.75) is 26.9 Å². The standard InChI is InChI=1S/C24H24N2O2/c1-3-26-22-8-6-5-7-20(22)21-15-17(9-14-23(21)26)16-25-19-12-10-18(11-13-19)24(27)28-4-2/h5-15,25H,3-4,16H2,1-2H3. The number of esters is 1. The molecule has 0 aliphatic heterocycles. The number of carbonyl (C=O) groups is 1. The van der Waals surface area contributed by atoms with Gasteiger partial charge in [0.15, 0.2) is 0 Å². The number of nitrogens with one attached hydrogen (secondary N) is 1. The van der Waals surface area contributed by atoms with E-state index in [2.05, 4.69) is 59.3 Å². The predicted octanol–water partition coefficient (Wildman–Crippen LogP) is 5.60. The van der Waals surface area contributed by atoms with Crippen LogP contribution < -0.4 is 5.32 Å². The van der Waals surface area contributed by atoms with Gasteiger partial charge in [0, 0.05) is 40.6 Å². The molecule has 0 aliphatic rings. The van der Waals surface area contributed by atoms with E-state index in [1.54, 1.807) is 12.1 Å². The number of carbonyl (C=O) groups excluding carboxylic acids is 1. The van der Waals surface area contributed by atoms with Gasteiger partial charge in [-0.2, -0.15) is 0 Å². The van der Waals surface area contributed by atoms with Crippen LogP contribution in [0.3, 0.4) is 0 Å². The second-order valence-corrected chi connectivity index (χ2v) is 6.76. The average Bonchev–Trinajstić information content (AvgIpc) is 3.06. The maximum Gasteiger partial charge on any atom is 0.338 e. The fraction of sp³-hybridized carbons (Fsp3) is 0.208. The van der Waals surface area contributed by atoms with Gasteiger partial charge >= 0.3 is 5.97 Å². The Labute approximate surface area is 164 Å². The fourth-order valence-electron chi connectivity index (χ4n) is 3.69. The zero-order chi connectivity index (χ0) is 19.5. The minimum atomic E-state index is -0.285. The molecule has 1 aromatic heterocycles. The number of aromatic nitrogens is 1. The van der Waals surface area contributed by atoms with Crippen molar-refractivity contribution in [1.29, 1.82) is 0 Å². The summed E-state index contributed by atoms with van der Waals surface area (Å²) in [6, 6.07) is 22.6. The van der Waals surface area contributed by atoms with E-state index >= 15 is 0 Å². The summed E-state index contributed by atoms with van der Waals surface area (Å²) in [5, 5.41) is 6.01. The van der Waals surface area contributed by atoms with Crippen LogP contribution in [-0.4, -0.2) is 17.1 Å². The maximum absolute atomic E-state index is 11.7. The highest BCUT2D eigenvalue weighted by Gasteiger charge is 2.10. The molecule has 0 aliphatic carbocycles. The lowest BCUT2D eigenvalue weighted by Gasteiger charge is -2.08. The Morgan fingerprint density at radius 1 is 0.929 bits per heavy atom. The van der Waals surface area contributed by atoms with Gasteiger partial charge in [-0.15, -0.1) is 0 Å². The lowest BCUT2D eigenvalue weighted by molar-refractivity contribution is 0.0526. The van der Waals surface area contributed by atoms with Crippen LogP contribution in [0.25, 0.3) is 21.8 Å². The summed E-state index contributed by atoms with van der Waals surface area (Å²) in [6.45, 7) is 6.05. The van der Waals surface area contributed by atoms with Crippen LogP contribution >= 0.6 is 0 Å². The van der Waals surface area contributed by atoms with Crippen molar-refractivity contribution in [1.82, 2.24) is 4.57 Å². The number of hydrogen-bond acceptors (Lipinski definition) is 3. The van der Waals surface area contributed by atoms with Gasteiger partial charge in [0.2, 0.25) is 0 Å². The Balaban J connectivity index is 1.55. The van der Waals surface area contributed by atoms with Gasteiger partial charge in [-0.1, -0.05) is 24.3 Å². The van der Waals surface area contributed by atoms with Crippen molar-refractivity contribution in [2.75, 3.05) is 11.9 Å². The number of fused-ring (bicyclic) bond motifs is 3. The maximum atomic E-state index is 11.7. The number of benzene rings is 3. The molecule has 0 saturated carbocycles. The molecule has 0 unspecified atom stereocenters. The highest BCUT2D eigenvalue weighted by atomic mass is 16.5. The molecule has 0 fully saturated rings. The smallest absolute Gasteiger partial charge is 0.338 e. The van der Waals surface area contributed by atoms with Gasteiger partial charge in [0.25, 0.3) is 0 Å². The molecule has 0 saturated heterocycles. The Bertz CT molecular complexity index is 1130. The van der Waals surface area contributed by atoms with Gasteiger partial charge in [0.05, 0.1) is 12.2 Å². The molecular weight excluding hydrogens is 348 g/mol. The number of hydrogen-bond donors (Lipinski definition) is 1. The third kappa shape index (κ3) is 3.33. The first-order chi connectivity index (χ1) is 13.7. The zero-order valence-electron chi connectivity index (χ0n) is 16.2. The first-order valence-corrected chi connectivity index (χ1v) is 9.72. The highest BCUT2D eigenvalue weighted by Crippen LogP contribution is 2.29. The predicted molar refractivity (Wildman–Crippen MR) is 115 cm³/mol. The summed E-state index contributed by atoms with van der Waals surface area (Å²) < 4.78 is 7.38. The third-order valence-electron chi connectivity index (χ3n) is 5.05. The number of rotatable bonds is 6. The van der Waals surface area contributed by atoms with E-state index in [1.165, 1.54) is 27.4 Å². The van der Waals surface area contributed by atoms with Gasteiger partial charge in [-0.25, -0.2) is 4.79 Å². The molecule has 3 aromatic carbocycles. The Morgan fingerprint density at radius 2 is 1.68 bits per heavy atom. The third-order valence-corrected chi connectivity index (χ3v) is 5.05. The first kappa shape index (κ1) is 18.1. The molecule has 1 N–H and O–H groups in total. The molecule has 4 rings (SSSR count). The summed E-state index contributed by atoms with van der Waals surface area (Å²) >= 11 is 0. The van der Waals surface area contributed by atoms with Crippen molar-refractivity contribution in [3.05, 3.63) is 77.9 Å². The van der Waals surface area contributed by atoms with Crippen molar-refractivity contribution in [3.8, 4) is 0 Å². The van der Waals surface area contributed by atoms with E-state index in [0.717, 1.165) is 18.8 Å². The molecule has 0 radical (unpaired) electrons. The molecule has 0 spiro atoms. The fourth-order valence-corrected chi connectivity index (χ4v) is 3.69. The number of ether oxygens (including phenoxy) is 1. The molecule has 28 heavy (non-hydrogen) atoms. The minimum Gasteiger partial charge on any atom is -0.462 e. The van der Waals surface area contributed by atoms with Crippen LogP contribution in [0.2, 0.25) is 0 Å². The lowest BCUT2D eigenvalue weighted by atomic mass is 10.1. The molecule has 0 atom stereocenters. The molecule has 4 heteroatoms. The summed E-state index contributed by atoms with van der Waals surface area (Å²) in [5.74, 6) is -0.285. The van der Waals surface area contributed by atoms with Crippen molar-refractivity contribution >= 4 is 33.5 Å². The Hall–Kier alpha value is -3.27. The van der Waals surface area contributed by atoms with Crippen molar-refractivity contribution in [2.24, 2.45) is 0 Å². The van der Waals surface area contributed by atoms with Crippen LogP contribution in [0.15, 0.2) is 66.7 Å². The number of anilines is 1. The normalized spacial score (nSPS) is 11.1. The summed E-state index contributed by atoms with van der Waals surface area (Å²) in [5.41, 5.74) is 5.32. The van der Waals surface area contributed by atoms with Crippen LogP contribution in [-0.2, 0) is 17.8 Å². The van der Waals surface area contributed by atoms with Gasteiger partial charge in [-0.05, 0) is 61.9 Å². The topological polar surface area (TPSA) is 43.3 Å². The summed E-state index contributed by atoms with van der Waals surface area (Å²) in [4.78, 5) is 11.7. The van der Waals surface area contributed by atoms with Gasteiger partial charge in [0.1, 0.15) is 0 Å². The molecule has 4 nitrogen and oxygen atoms in total. The van der Waals surface area contributed by atoms with Crippen molar-refractivity contribution in [3.63, 3.8) is 0 Å². The zero-order valence-corrected chi connectivity index (χ0v) is 16.2. The van der Waals surface area contributed by atoms with Gasteiger partial charge in [-0.3, -0.25) is 0 Å². The summed E-state index contributed by atoms with van der Waals surface area (Å²) in [6.07, 6.45) is 0. The largest absolute Gasteiger partial charge is 0.462 e. The molecule has 0 amide bonds. The van der Waals surface area contributed by atoms with Crippen LogP contribution in [0, 0.1) is 0 Å². The molecule has 4 aromatic rings. The van der Waals surface area contributed by atoms with Crippen LogP contribution in [0.1, 0.15) is 29.8 Å². The van der Waals surface area contributed by atoms with Crippen LogP contribution in [0.4, 0.5) is 5.69 Å². The molecular formula is C24H24N2O2. The molecule has 1 heterocycles. The second kappa shape index (κ2) is 7.77. The number of aryl methyl sites for hydroxylation is 1. The van der Waals surface area contributed by atoms with E-state index < -0.39 is 0 Å². The van der Waals surface area contributed by atoms with E-state index in [-0.39, 0.29) is 5.97 Å². The Kier molecular flexibility index (Phi) is 5.02. The second-order valence-electron chi connectivity index (χ2n) is 6.76. The van der Waals surface area contributed by atoms with E-state index in [4.69, 9.17) is 4.74 Å². The minimum absolute atomic E-state index is 0.285. The van der Waals surface area contributed by atoms with E-state index in [0.29, 0.717) is 12.2 Å². The van der Waals surface area contributed by atoms with E-state index in [1.807, 2.05) is 19.1 Å². The monoisotopic (exact) mass is 372 g/mol. The molecule has 0 bridgehead atoms. The number of nitrogens with zero attached hydrogens (tertiary/aromatic N) is 1. The highest BCUT2D eigenvalue weighted by molar-refractivity contribution is 6.08. The average molecular weight is 372 g/mol. The first-order valence-electron chi connectivity index (χ1n) is 9.72. The Morgan fingerprint density at radius 3 is 2.43 bits per heavy atom. The van der Waals surface area contributed by atoms with Gasteiger partial charge < -0.3 is 14.6 Å². The molecule has 142 valence electrons.